The largest absolute Gasteiger partial charge is 0.444 e. The molecular weight excluding hydrogens is 325 g/mol. The second kappa shape index (κ2) is 6.71. The van der Waals surface area contributed by atoms with E-state index in [0.717, 1.165) is 0 Å². The van der Waals surface area contributed by atoms with E-state index in [1.54, 1.807) is 20.8 Å². The van der Waals surface area contributed by atoms with Crippen LogP contribution in [0.4, 0.5) is 18.0 Å². The van der Waals surface area contributed by atoms with Gasteiger partial charge in [-0.05, 0) is 46.6 Å². The van der Waals surface area contributed by atoms with Gasteiger partial charge in [0.25, 0.3) is 0 Å². The molecule has 2 rings (SSSR count). The van der Waals surface area contributed by atoms with E-state index >= 15 is 0 Å². The first kappa shape index (κ1) is 19.3. The third-order valence-electron chi connectivity index (χ3n) is 4.80. The lowest BCUT2D eigenvalue weighted by Crippen LogP contribution is -2.57. The van der Waals surface area contributed by atoms with Gasteiger partial charge < -0.3 is 14.7 Å². The summed E-state index contributed by atoms with van der Waals surface area (Å²) in [5.41, 5.74) is -2.14. The molecule has 1 N–H and O–H groups in total. The first-order valence-electron chi connectivity index (χ1n) is 8.37. The van der Waals surface area contributed by atoms with E-state index in [1.165, 1.54) is 4.90 Å². The highest BCUT2D eigenvalue weighted by molar-refractivity contribution is 5.68. The number of amides is 1. The van der Waals surface area contributed by atoms with Gasteiger partial charge in [-0.25, -0.2) is 4.79 Å². The van der Waals surface area contributed by atoms with Gasteiger partial charge in [-0.1, -0.05) is 0 Å². The van der Waals surface area contributed by atoms with Crippen LogP contribution in [-0.4, -0.2) is 71.6 Å². The van der Waals surface area contributed by atoms with Crippen LogP contribution in [0.3, 0.4) is 0 Å². The van der Waals surface area contributed by atoms with E-state index in [9.17, 15) is 23.1 Å². The van der Waals surface area contributed by atoms with E-state index in [4.69, 9.17) is 4.74 Å². The molecule has 5 nitrogen and oxygen atoms in total. The van der Waals surface area contributed by atoms with E-state index < -0.39 is 23.3 Å². The number of aliphatic hydroxyl groups is 1. The number of carbonyl (C=O) groups excluding carboxylic acids is 1. The summed E-state index contributed by atoms with van der Waals surface area (Å²) in [5, 5.41) is 9.56. The van der Waals surface area contributed by atoms with Crippen LogP contribution in [0.15, 0.2) is 0 Å². The van der Waals surface area contributed by atoms with Crippen LogP contribution in [-0.2, 0) is 4.74 Å². The molecule has 1 saturated carbocycles. The highest BCUT2D eigenvalue weighted by atomic mass is 19.4. The van der Waals surface area contributed by atoms with Crippen LogP contribution in [0.1, 0.15) is 40.0 Å². The second-order valence-electron chi connectivity index (χ2n) is 7.83. The molecule has 1 saturated heterocycles. The standard InChI is InChI=1S/C16H27F3N2O3/c1-14(2,3)24-13(23)21-9-8-20(12(10-21)11-22)7-6-15(4-5-15)16(17,18)19/h12,22H,4-11H2,1-3H3. The first-order chi connectivity index (χ1) is 11.0. The fraction of sp³-hybridized carbons (Fsp3) is 0.938. The molecule has 1 heterocycles. The minimum absolute atomic E-state index is 0.0550. The van der Waals surface area contributed by atoms with Crippen molar-refractivity contribution in [3.63, 3.8) is 0 Å². The third-order valence-corrected chi connectivity index (χ3v) is 4.80. The number of ether oxygens (including phenoxy) is 1. The van der Waals surface area contributed by atoms with Crippen molar-refractivity contribution in [2.45, 2.75) is 57.9 Å². The molecule has 1 aliphatic carbocycles. The molecule has 1 unspecified atom stereocenters. The van der Waals surface area contributed by atoms with Gasteiger partial charge in [0.1, 0.15) is 5.60 Å². The maximum Gasteiger partial charge on any atom is 0.410 e. The normalized spacial score (nSPS) is 24.8. The maximum absolute atomic E-state index is 13.0. The van der Waals surface area contributed by atoms with Crippen LogP contribution >= 0.6 is 0 Å². The smallest absolute Gasteiger partial charge is 0.410 e. The summed E-state index contributed by atoms with van der Waals surface area (Å²) in [4.78, 5) is 15.5. The van der Waals surface area contributed by atoms with Crippen LogP contribution in [0, 0.1) is 5.41 Å². The molecule has 0 spiro atoms. The Morgan fingerprint density at radius 3 is 2.33 bits per heavy atom. The zero-order chi connectivity index (χ0) is 18.2. The summed E-state index contributed by atoms with van der Waals surface area (Å²) in [7, 11) is 0. The van der Waals surface area contributed by atoms with Crippen molar-refractivity contribution in [1.29, 1.82) is 0 Å². The number of aliphatic hydroxyl groups excluding tert-OH is 1. The second-order valence-corrected chi connectivity index (χ2v) is 7.83. The average Bonchev–Trinajstić information content (AvgIpc) is 3.23. The molecule has 1 atom stereocenters. The zero-order valence-corrected chi connectivity index (χ0v) is 14.5. The number of rotatable bonds is 4. The Hall–Kier alpha value is -1.02. The van der Waals surface area contributed by atoms with Gasteiger partial charge >= 0.3 is 12.3 Å². The number of hydrogen-bond donors (Lipinski definition) is 1. The number of hydrogen-bond acceptors (Lipinski definition) is 4. The Morgan fingerprint density at radius 2 is 1.88 bits per heavy atom. The number of halogens is 3. The summed E-state index contributed by atoms with van der Waals surface area (Å²) in [6.07, 6.45) is -4.16. The summed E-state index contributed by atoms with van der Waals surface area (Å²) in [5.74, 6) is 0. The number of alkyl halides is 3. The fourth-order valence-electron chi connectivity index (χ4n) is 3.04. The lowest BCUT2D eigenvalue weighted by atomic mass is 10.0. The molecule has 2 aliphatic rings. The Morgan fingerprint density at radius 1 is 1.25 bits per heavy atom. The van der Waals surface area contributed by atoms with Crippen molar-refractivity contribution >= 4 is 6.09 Å². The maximum atomic E-state index is 13.0. The topological polar surface area (TPSA) is 53.0 Å². The van der Waals surface area contributed by atoms with Crippen LogP contribution < -0.4 is 0 Å². The Balaban J connectivity index is 1.88. The van der Waals surface area contributed by atoms with Crippen LogP contribution in [0.2, 0.25) is 0 Å². The zero-order valence-electron chi connectivity index (χ0n) is 14.5. The highest BCUT2D eigenvalue weighted by Crippen LogP contribution is 2.60. The third kappa shape index (κ3) is 4.53. The Kier molecular flexibility index (Phi) is 5.40. The molecule has 8 heteroatoms. The molecule has 0 aromatic heterocycles. The number of piperazine rings is 1. The first-order valence-corrected chi connectivity index (χ1v) is 8.37. The quantitative estimate of drug-likeness (QED) is 0.845. The molecule has 1 aliphatic heterocycles. The summed E-state index contributed by atoms with van der Waals surface area (Å²) >= 11 is 0. The molecule has 1 amide bonds. The molecule has 140 valence electrons. The van der Waals surface area contributed by atoms with E-state index in [0.29, 0.717) is 13.1 Å². The van der Waals surface area contributed by atoms with Crippen LogP contribution in [0.5, 0.6) is 0 Å². The van der Waals surface area contributed by atoms with Crippen molar-refractivity contribution in [2.24, 2.45) is 5.41 Å². The van der Waals surface area contributed by atoms with Crippen molar-refractivity contribution < 1.29 is 27.8 Å². The highest BCUT2D eigenvalue weighted by Gasteiger charge is 2.62. The van der Waals surface area contributed by atoms with Crippen LogP contribution in [0.25, 0.3) is 0 Å². The molecule has 0 aromatic carbocycles. The lowest BCUT2D eigenvalue weighted by molar-refractivity contribution is -0.190. The minimum Gasteiger partial charge on any atom is -0.444 e. The molecule has 0 radical (unpaired) electrons. The number of carbonyl (C=O) groups is 1. The predicted octanol–water partition coefficient (Wildman–Crippen LogP) is 2.63. The SMILES string of the molecule is CC(C)(C)OC(=O)N1CCN(CCC2(C(F)(F)F)CC2)C(CO)C1. The van der Waals surface area contributed by atoms with E-state index in [2.05, 4.69) is 0 Å². The van der Waals surface area contributed by atoms with Crippen molar-refractivity contribution in [2.75, 3.05) is 32.8 Å². The van der Waals surface area contributed by atoms with E-state index in [1.807, 2.05) is 4.90 Å². The van der Waals surface area contributed by atoms with Gasteiger partial charge in [-0.3, -0.25) is 4.90 Å². The Bertz CT molecular complexity index is 458. The van der Waals surface area contributed by atoms with Gasteiger partial charge in [-0.2, -0.15) is 13.2 Å². The van der Waals surface area contributed by atoms with Gasteiger partial charge in [0.2, 0.25) is 0 Å². The minimum atomic E-state index is -4.15. The lowest BCUT2D eigenvalue weighted by Gasteiger charge is -2.41. The van der Waals surface area contributed by atoms with Crippen molar-refractivity contribution in [1.82, 2.24) is 9.80 Å². The fourth-order valence-corrected chi connectivity index (χ4v) is 3.04. The predicted molar refractivity (Wildman–Crippen MR) is 82.6 cm³/mol. The van der Waals surface area contributed by atoms with E-state index in [-0.39, 0.29) is 45.0 Å². The summed E-state index contributed by atoms with van der Waals surface area (Å²) < 4.78 is 44.4. The van der Waals surface area contributed by atoms with Gasteiger partial charge in [0, 0.05) is 19.6 Å². The summed E-state index contributed by atoms with van der Waals surface area (Å²) in [6.45, 7) is 6.52. The van der Waals surface area contributed by atoms with Crippen molar-refractivity contribution in [3.05, 3.63) is 0 Å². The van der Waals surface area contributed by atoms with Gasteiger partial charge in [0.05, 0.1) is 18.1 Å². The molecule has 0 aromatic rings. The van der Waals surface area contributed by atoms with Gasteiger partial charge in [0.15, 0.2) is 0 Å². The van der Waals surface area contributed by atoms with Gasteiger partial charge in [-0.15, -0.1) is 0 Å². The average molecular weight is 352 g/mol. The molecular formula is C16H27F3N2O3. The molecule has 0 bridgehead atoms. The molecule has 2 fully saturated rings. The Labute approximate surface area is 140 Å². The van der Waals surface area contributed by atoms with Crippen molar-refractivity contribution in [3.8, 4) is 0 Å². The number of nitrogens with zero attached hydrogens (tertiary/aromatic N) is 2. The monoisotopic (exact) mass is 352 g/mol. The molecule has 24 heavy (non-hydrogen) atoms. The summed E-state index contributed by atoms with van der Waals surface area (Å²) in [6, 6.07) is -0.352.